The van der Waals surface area contributed by atoms with Crippen molar-refractivity contribution >= 4 is 52.9 Å². The smallest absolute Gasteiger partial charge is 0.303 e. The molecule has 0 saturated carbocycles. The Hall–Kier alpha value is -3.19. The number of hydrogen-bond donors (Lipinski definition) is 0. The number of carbonyl (C=O) groups excluding carboxylic acids is 3. The number of thioether (sulfide) groups is 1. The minimum Gasteiger partial charge on any atom is -0.463 e. The number of ether oxygens (including phenoxy) is 4. The monoisotopic (exact) mass is 611 g/mol. The van der Waals surface area contributed by atoms with E-state index in [1.165, 1.54) is 61.6 Å². The number of aromatic nitrogens is 3. The Balaban J connectivity index is 1.80. The van der Waals surface area contributed by atoms with Crippen LogP contribution in [-0.4, -0.2) is 63.3 Å². The maximum atomic E-state index is 13.9. The van der Waals surface area contributed by atoms with E-state index in [0.717, 1.165) is 0 Å². The average Bonchev–Trinajstić information content (AvgIpc) is 3.36. The summed E-state index contributed by atoms with van der Waals surface area (Å²) in [4.78, 5) is 36.8. The lowest BCUT2D eigenvalue weighted by molar-refractivity contribution is -0.212. The molecule has 3 aromatic rings. The fraction of sp³-hybridized carbons (Fsp3) is 0.346. The molecule has 0 spiro atoms. The summed E-state index contributed by atoms with van der Waals surface area (Å²) in [5.74, 6) is -2.34. The number of nitrogens with zero attached hydrogens (tertiary/aromatic N) is 3. The van der Waals surface area contributed by atoms with Gasteiger partial charge in [-0.2, -0.15) is 0 Å². The Morgan fingerprint density at radius 1 is 1.00 bits per heavy atom. The van der Waals surface area contributed by atoms with E-state index in [2.05, 4.69) is 10.3 Å². The molecular formula is C26H24Cl2FN3O7S. The van der Waals surface area contributed by atoms with Gasteiger partial charge in [0.2, 0.25) is 0 Å². The number of hydrogen-bond acceptors (Lipinski definition) is 10. The van der Waals surface area contributed by atoms with Crippen LogP contribution in [0.1, 0.15) is 26.8 Å². The zero-order chi connectivity index (χ0) is 29.0. The van der Waals surface area contributed by atoms with Gasteiger partial charge in [-0.25, -0.2) is 9.07 Å². The molecule has 0 amide bonds. The van der Waals surface area contributed by atoms with Gasteiger partial charge in [-0.05, 0) is 30.3 Å². The fourth-order valence-electron chi connectivity index (χ4n) is 4.17. The molecule has 0 bridgehead atoms. The van der Waals surface area contributed by atoms with Crippen LogP contribution in [0.2, 0.25) is 10.0 Å². The van der Waals surface area contributed by atoms with Crippen LogP contribution in [0.3, 0.4) is 0 Å². The van der Waals surface area contributed by atoms with Gasteiger partial charge in [0.15, 0.2) is 12.2 Å². The van der Waals surface area contributed by atoms with Crippen LogP contribution in [0.5, 0.6) is 0 Å². The molecule has 3 unspecified atom stereocenters. The standard InChI is InChI=1S/C26H24Cl2FN3O7S/c1-13(33)36-12-22-24(37-14(2)34)23(32-11-21(30-31-32)16-5-4-6-17(29)9-16)25(38-15(3)35)26(39-22)40-18-7-8-19(27)20(28)10-18/h4-11,22-26H,12H2,1-3H3/t22?,23?,24-,25?,26+/m0/s1. The highest BCUT2D eigenvalue weighted by molar-refractivity contribution is 7.99. The summed E-state index contributed by atoms with van der Waals surface area (Å²) < 4.78 is 38.1. The SMILES string of the molecule is CC(=O)OCC1O[C@H](Sc2ccc(Cl)c(Cl)c2)C(OC(C)=O)C(n2cc(-c3cccc(F)c3)nn2)[C@H]1OC(C)=O. The molecule has 1 aromatic heterocycles. The van der Waals surface area contributed by atoms with E-state index < -0.39 is 53.5 Å². The van der Waals surface area contributed by atoms with E-state index in [4.69, 9.17) is 42.1 Å². The predicted octanol–water partition coefficient (Wildman–Crippen LogP) is 4.88. The molecule has 10 nitrogen and oxygen atoms in total. The summed E-state index contributed by atoms with van der Waals surface area (Å²) in [6, 6.07) is 9.71. The third-order valence-electron chi connectivity index (χ3n) is 5.75. The Kier molecular flexibility index (Phi) is 9.67. The van der Waals surface area contributed by atoms with Crippen LogP contribution >= 0.6 is 35.0 Å². The minimum absolute atomic E-state index is 0.277. The van der Waals surface area contributed by atoms with Gasteiger partial charge in [-0.1, -0.05) is 52.3 Å². The van der Waals surface area contributed by atoms with Crippen LogP contribution in [0.15, 0.2) is 53.6 Å². The van der Waals surface area contributed by atoms with Gasteiger partial charge >= 0.3 is 17.9 Å². The summed E-state index contributed by atoms with van der Waals surface area (Å²) in [5, 5.41) is 9.01. The molecule has 40 heavy (non-hydrogen) atoms. The lowest BCUT2D eigenvalue weighted by Crippen LogP contribution is -2.57. The summed E-state index contributed by atoms with van der Waals surface area (Å²) in [6.07, 6.45) is -1.70. The first-order chi connectivity index (χ1) is 19.0. The van der Waals surface area contributed by atoms with Gasteiger partial charge in [0, 0.05) is 31.2 Å². The molecule has 5 atom stereocenters. The molecule has 2 aromatic carbocycles. The maximum Gasteiger partial charge on any atom is 0.303 e. The lowest BCUT2D eigenvalue weighted by atomic mass is 9.96. The molecule has 2 heterocycles. The van der Waals surface area contributed by atoms with E-state index in [1.54, 1.807) is 24.3 Å². The zero-order valence-electron chi connectivity index (χ0n) is 21.5. The molecule has 0 aliphatic carbocycles. The van der Waals surface area contributed by atoms with Gasteiger partial charge in [0.1, 0.15) is 35.7 Å². The van der Waals surface area contributed by atoms with Crippen molar-refractivity contribution in [2.75, 3.05) is 6.61 Å². The Labute approximate surface area is 243 Å². The van der Waals surface area contributed by atoms with E-state index in [0.29, 0.717) is 26.2 Å². The highest BCUT2D eigenvalue weighted by Gasteiger charge is 2.52. The van der Waals surface area contributed by atoms with E-state index >= 15 is 0 Å². The van der Waals surface area contributed by atoms with Crippen LogP contribution in [0.4, 0.5) is 4.39 Å². The van der Waals surface area contributed by atoms with Crippen molar-refractivity contribution in [2.45, 2.75) is 55.5 Å². The molecule has 14 heteroatoms. The quantitative estimate of drug-likeness (QED) is 0.257. The van der Waals surface area contributed by atoms with Crippen molar-refractivity contribution in [2.24, 2.45) is 0 Å². The van der Waals surface area contributed by atoms with Crippen molar-refractivity contribution in [3.05, 3.63) is 64.5 Å². The number of rotatable bonds is 8. The van der Waals surface area contributed by atoms with Crippen molar-refractivity contribution in [1.29, 1.82) is 0 Å². The van der Waals surface area contributed by atoms with Gasteiger partial charge in [-0.3, -0.25) is 14.4 Å². The number of benzene rings is 2. The third-order valence-corrected chi connectivity index (χ3v) is 7.63. The first-order valence-corrected chi connectivity index (χ1v) is 13.6. The molecule has 1 aliphatic rings. The molecule has 4 rings (SSSR count). The number of halogens is 3. The lowest BCUT2D eigenvalue weighted by Gasteiger charge is -2.44. The normalized spacial score (nSPS) is 22.4. The molecule has 1 fully saturated rings. The second-order valence-electron chi connectivity index (χ2n) is 8.77. The number of carbonyl (C=O) groups is 3. The summed E-state index contributed by atoms with van der Waals surface area (Å²) in [6.45, 7) is 3.38. The summed E-state index contributed by atoms with van der Waals surface area (Å²) in [7, 11) is 0. The molecule has 0 radical (unpaired) electrons. The number of esters is 3. The zero-order valence-corrected chi connectivity index (χ0v) is 23.8. The largest absolute Gasteiger partial charge is 0.463 e. The Bertz CT molecular complexity index is 1410. The maximum absolute atomic E-state index is 13.9. The van der Waals surface area contributed by atoms with Gasteiger partial charge < -0.3 is 18.9 Å². The van der Waals surface area contributed by atoms with Crippen LogP contribution < -0.4 is 0 Å². The van der Waals surface area contributed by atoms with Crippen LogP contribution in [-0.2, 0) is 33.3 Å². The second-order valence-corrected chi connectivity index (χ2v) is 10.8. The molecular weight excluding hydrogens is 588 g/mol. The van der Waals surface area contributed by atoms with E-state index in [1.807, 2.05) is 0 Å². The van der Waals surface area contributed by atoms with E-state index in [9.17, 15) is 18.8 Å². The van der Waals surface area contributed by atoms with Crippen LogP contribution in [0, 0.1) is 5.82 Å². The molecule has 212 valence electrons. The van der Waals surface area contributed by atoms with Gasteiger partial charge in [0.05, 0.1) is 16.2 Å². The van der Waals surface area contributed by atoms with Crippen molar-refractivity contribution in [3.8, 4) is 11.3 Å². The second kappa shape index (κ2) is 13.0. The Morgan fingerprint density at radius 3 is 2.38 bits per heavy atom. The topological polar surface area (TPSA) is 119 Å². The first-order valence-electron chi connectivity index (χ1n) is 11.9. The molecule has 1 saturated heterocycles. The fourth-order valence-corrected chi connectivity index (χ4v) is 5.68. The highest BCUT2D eigenvalue weighted by Crippen LogP contribution is 2.42. The van der Waals surface area contributed by atoms with Crippen molar-refractivity contribution in [1.82, 2.24) is 15.0 Å². The first kappa shape index (κ1) is 29.8. The van der Waals surface area contributed by atoms with Gasteiger partial charge in [0.25, 0.3) is 0 Å². The third kappa shape index (κ3) is 7.30. The predicted molar refractivity (Wildman–Crippen MR) is 143 cm³/mol. The average molecular weight is 612 g/mol. The van der Waals surface area contributed by atoms with E-state index in [-0.39, 0.29) is 6.61 Å². The minimum atomic E-state index is -1.13. The van der Waals surface area contributed by atoms with Crippen molar-refractivity contribution < 1.29 is 37.7 Å². The Morgan fingerprint density at radius 2 is 1.73 bits per heavy atom. The van der Waals surface area contributed by atoms with Crippen LogP contribution in [0.25, 0.3) is 11.3 Å². The van der Waals surface area contributed by atoms with Crippen molar-refractivity contribution in [3.63, 3.8) is 0 Å². The van der Waals surface area contributed by atoms with Gasteiger partial charge in [-0.15, -0.1) is 5.10 Å². The summed E-state index contributed by atoms with van der Waals surface area (Å²) in [5.41, 5.74) is -0.149. The highest BCUT2D eigenvalue weighted by atomic mass is 35.5. The molecule has 1 aliphatic heterocycles. The summed E-state index contributed by atoms with van der Waals surface area (Å²) >= 11 is 13.4. The molecule has 0 N–H and O–H groups in total.